The third-order valence-corrected chi connectivity index (χ3v) is 1.02. The van der Waals surface area contributed by atoms with Gasteiger partial charge in [0.05, 0.1) is 0 Å². The van der Waals surface area contributed by atoms with Crippen LogP contribution in [0.15, 0.2) is 12.7 Å². The SMILES string of the molecule is C=C[CH]n1nn[nH]c1=S. The second kappa shape index (κ2) is 2.54. The zero-order valence-corrected chi connectivity index (χ0v) is 5.43. The fraction of sp³-hybridized carbons (Fsp3) is 0. The smallest absolute Gasteiger partial charge is 0.213 e. The number of H-pyrrole nitrogens is 1. The average Bonchev–Trinajstić information content (AvgIpc) is 2.18. The van der Waals surface area contributed by atoms with Crippen LogP contribution in [0.2, 0.25) is 0 Å². The second-order valence-electron chi connectivity index (χ2n) is 1.34. The Balaban J connectivity index is 2.93. The summed E-state index contributed by atoms with van der Waals surface area (Å²) in [6.07, 6.45) is 1.58. The zero-order chi connectivity index (χ0) is 6.69. The van der Waals surface area contributed by atoms with Gasteiger partial charge in [0.15, 0.2) is 0 Å². The van der Waals surface area contributed by atoms with Gasteiger partial charge in [0.2, 0.25) is 4.77 Å². The molecule has 0 saturated heterocycles. The first-order valence-electron chi connectivity index (χ1n) is 2.30. The van der Waals surface area contributed by atoms with Crippen LogP contribution in [-0.4, -0.2) is 20.2 Å². The Morgan fingerprint density at radius 1 is 1.78 bits per heavy atom. The number of hydrogen-bond donors (Lipinski definition) is 1. The van der Waals surface area contributed by atoms with Gasteiger partial charge in [-0.15, -0.1) is 6.58 Å². The van der Waals surface area contributed by atoms with Crippen LogP contribution in [-0.2, 0) is 0 Å². The third-order valence-electron chi connectivity index (χ3n) is 0.741. The molecule has 0 aliphatic heterocycles. The highest BCUT2D eigenvalue weighted by Gasteiger charge is 1.88. The lowest BCUT2D eigenvalue weighted by molar-refractivity contribution is 0.754. The van der Waals surface area contributed by atoms with Crippen molar-refractivity contribution in [3.63, 3.8) is 0 Å². The van der Waals surface area contributed by atoms with Crippen LogP contribution in [0.25, 0.3) is 0 Å². The number of allylic oxidation sites excluding steroid dienone is 1. The van der Waals surface area contributed by atoms with Crippen molar-refractivity contribution in [2.45, 2.75) is 0 Å². The minimum atomic E-state index is 0.468. The Morgan fingerprint density at radius 3 is 3.00 bits per heavy atom. The van der Waals surface area contributed by atoms with E-state index in [1.54, 1.807) is 12.6 Å². The molecule has 47 valence electrons. The van der Waals surface area contributed by atoms with Gasteiger partial charge in [0.25, 0.3) is 0 Å². The van der Waals surface area contributed by atoms with Crippen molar-refractivity contribution < 1.29 is 0 Å². The summed E-state index contributed by atoms with van der Waals surface area (Å²) in [5, 5.41) is 9.52. The van der Waals surface area contributed by atoms with Crippen molar-refractivity contribution >= 4 is 12.2 Å². The van der Waals surface area contributed by atoms with E-state index in [-0.39, 0.29) is 0 Å². The lowest BCUT2D eigenvalue weighted by atomic mass is 10.6. The summed E-state index contributed by atoms with van der Waals surface area (Å²) in [6.45, 7) is 5.09. The van der Waals surface area contributed by atoms with Gasteiger partial charge in [-0.25, -0.2) is 9.78 Å². The minimum absolute atomic E-state index is 0.468. The summed E-state index contributed by atoms with van der Waals surface area (Å²) in [5.41, 5.74) is 0. The molecule has 1 radical (unpaired) electrons. The number of tetrazole rings is 1. The van der Waals surface area contributed by atoms with Gasteiger partial charge in [-0.1, -0.05) is 6.08 Å². The van der Waals surface area contributed by atoms with E-state index in [2.05, 4.69) is 22.1 Å². The van der Waals surface area contributed by atoms with Crippen LogP contribution in [0.3, 0.4) is 0 Å². The molecule has 0 atom stereocenters. The molecule has 0 bridgehead atoms. The Morgan fingerprint density at radius 2 is 2.56 bits per heavy atom. The second-order valence-corrected chi connectivity index (χ2v) is 1.72. The molecule has 0 spiro atoms. The van der Waals surface area contributed by atoms with Gasteiger partial charge in [-0.3, -0.25) is 0 Å². The molecule has 0 aromatic carbocycles. The van der Waals surface area contributed by atoms with Crippen molar-refractivity contribution in [3.05, 3.63) is 24.0 Å². The van der Waals surface area contributed by atoms with E-state index < -0.39 is 0 Å². The highest BCUT2D eigenvalue weighted by Crippen LogP contribution is 1.84. The van der Waals surface area contributed by atoms with Crippen molar-refractivity contribution in [2.75, 3.05) is 0 Å². The lowest BCUT2D eigenvalue weighted by Gasteiger charge is -1.85. The molecule has 1 aromatic heterocycles. The average molecular weight is 141 g/mol. The molecular formula is C4H5N4S. The zero-order valence-electron chi connectivity index (χ0n) is 4.61. The highest BCUT2D eigenvalue weighted by atomic mass is 32.1. The number of nitrogens with one attached hydrogen (secondary N) is 1. The van der Waals surface area contributed by atoms with Crippen molar-refractivity contribution in [3.8, 4) is 0 Å². The Kier molecular flexibility index (Phi) is 1.74. The third kappa shape index (κ3) is 1.23. The van der Waals surface area contributed by atoms with E-state index in [1.807, 2.05) is 0 Å². The largest absolute Gasteiger partial charge is 0.232 e. The van der Waals surface area contributed by atoms with Crippen molar-refractivity contribution in [2.24, 2.45) is 0 Å². The predicted octanol–water partition coefficient (Wildman–Crippen LogP) is 0.532. The Hall–Kier alpha value is -0.970. The molecule has 0 amide bonds. The molecule has 1 aromatic rings. The fourth-order valence-corrected chi connectivity index (χ4v) is 0.541. The van der Waals surface area contributed by atoms with Crippen LogP contribution < -0.4 is 0 Å². The summed E-state index contributed by atoms with van der Waals surface area (Å²) >= 11 is 4.75. The van der Waals surface area contributed by atoms with E-state index in [0.717, 1.165) is 0 Å². The van der Waals surface area contributed by atoms with E-state index in [0.29, 0.717) is 4.77 Å². The maximum Gasteiger partial charge on any atom is 0.213 e. The number of aromatic amines is 1. The molecule has 0 aliphatic rings. The Bertz CT molecular complexity index is 247. The molecule has 5 heteroatoms. The van der Waals surface area contributed by atoms with Crippen LogP contribution in [0.1, 0.15) is 0 Å². The standard InChI is InChI=1S/C4H5N4S/c1-2-3-8-4(9)5-6-7-8/h2-3H,1H2,(H,5,7,9). The molecule has 0 saturated carbocycles. The van der Waals surface area contributed by atoms with Crippen molar-refractivity contribution in [1.82, 2.24) is 20.2 Å². The molecule has 1 rings (SSSR count). The Labute approximate surface area is 57.2 Å². The van der Waals surface area contributed by atoms with Crippen LogP contribution in [0.5, 0.6) is 0 Å². The van der Waals surface area contributed by atoms with E-state index >= 15 is 0 Å². The summed E-state index contributed by atoms with van der Waals surface area (Å²) in [4.78, 5) is 0. The molecule has 0 unspecified atom stereocenters. The quantitative estimate of drug-likeness (QED) is 0.611. The molecule has 1 N–H and O–H groups in total. The van der Waals surface area contributed by atoms with Crippen LogP contribution in [0.4, 0.5) is 0 Å². The number of nitrogens with zero attached hydrogens (tertiary/aromatic N) is 3. The van der Waals surface area contributed by atoms with Crippen molar-refractivity contribution in [1.29, 1.82) is 0 Å². The lowest BCUT2D eigenvalue weighted by Crippen LogP contribution is -1.93. The molecule has 4 nitrogen and oxygen atoms in total. The fourth-order valence-electron chi connectivity index (χ4n) is 0.403. The molecular weight excluding hydrogens is 136 g/mol. The van der Waals surface area contributed by atoms with Gasteiger partial charge in [0.1, 0.15) is 6.54 Å². The number of rotatable bonds is 2. The first-order valence-corrected chi connectivity index (χ1v) is 2.71. The first kappa shape index (κ1) is 6.15. The molecule has 0 aliphatic carbocycles. The number of aromatic nitrogens is 4. The summed E-state index contributed by atoms with van der Waals surface area (Å²) in [6, 6.07) is 0. The van der Waals surface area contributed by atoms with E-state index in [4.69, 9.17) is 12.2 Å². The van der Waals surface area contributed by atoms with Crippen LogP contribution in [0, 0.1) is 11.3 Å². The molecule has 1 heterocycles. The normalized spacial score (nSPS) is 9.33. The summed E-state index contributed by atoms with van der Waals surface area (Å²) in [7, 11) is 0. The van der Waals surface area contributed by atoms with Gasteiger partial charge >= 0.3 is 0 Å². The van der Waals surface area contributed by atoms with Gasteiger partial charge in [-0.05, 0) is 22.6 Å². The van der Waals surface area contributed by atoms with E-state index in [1.165, 1.54) is 4.68 Å². The monoisotopic (exact) mass is 141 g/mol. The topological polar surface area (TPSA) is 46.5 Å². The van der Waals surface area contributed by atoms with E-state index in [9.17, 15) is 0 Å². The van der Waals surface area contributed by atoms with Gasteiger partial charge in [0, 0.05) is 0 Å². The maximum absolute atomic E-state index is 4.75. The summed E-state index contributed by atoms with van der Waals surface area (Å²) in [5.74, 6) is 0. The minimum Gasteiger partial charge on any atom is -0.232 e. The van der Waals surface area contributed by atoms with Crippen LogP contribution >= 0.6 is 12.2 Å². The summed E-state index contributed by atoms with van der Waals surface area (Å²) < 4.78 is 1.89. The first-order chi connectivity index (χ1) is 4.34. The maximum atomic E-state index is 4.75. The highest BCUT2D eigenvalue weighted by molar-refractivity contribution is 7.71. The predicted molar refractivity (Wildman–Crippen MR) is 35.1 cm³/mol. The number of hydrogen-bond acceptors (Lipinski definition) is 3. The molecule has 9 heavy (non-hydrogen) atoms. The van der Waals surface area contributed by atoms with Gasteiger partial charge in [-0.2, -0.15) is 0 Å². The van der Waals surface area contributed by atoms with Gasteiger partial charge < -0.3 is 0 Å². The molecule has 0 fully saturated rings.